The van der Waals surface area contributed by atoms with E-state index in [0.29, 0.717) is 12.0 Å². The lowest BCUT2D eigenvalue weighted by molar-refractivity contribution is -0.836. The second-order valence-corrected chi connectivity index (χ2v) is 3.16. The zero-order valence-corrected chi connectivity index (χ0v) is 9.61. The molecule has 0 aromatic carbocycles. The van der Waals surface area contributed by atoms with Crippen LogP contribution in [0.5, 0.6) is 0 Å². The third kappa shape index (κ3) is 24.6. The quantitative estimate of drug-likeness (QED) is 0.493. The summed E-state index contributed by atoms with van der Waals surface area (Å²) in [5, 5.41) is 8.21. The second kappa shape index (κ2) is 11.5. The maximum atomic E-state index is 9.99. The fourth-order valence-corrected chi connectivity index (χ4v) is 0.409. The molecule has 0 atom stereocenters. The van der Waals surface area contributed by atoms with E-state index in [9.17, 15) is 4.79 Å². The summed E-state index contributed by atoms with van der Waals surface area (Å²) < 4.78 is 0. The molecule has 0 radical (unpaired) electrons. The molecule has 0 amide bonds. The number of carboxylic acid groups (broad SMARTS) is 1. The molecule has 0 saturated heterocycles. The van der Waals surface area contributed by atoms with Gasteiger partial charge in [-0.2, -0.15) is 0 Å². The first-order valence-corrected chi connectivity index (χ1v) is 4.09. The molecule has 2 N–H and O–H groups in total. The van der Waals surface area contributed by atoms with Crippen molar-refractivity contribution < 1.29 is 27.2 Å². The van der Waals surface area contributed by atoms with Gasteiger partial charge in [0.05, 0.1) is 21.1 Å². The number of rotatable bonds is 3. The standard InChI is InChI=1S/C6H10O2.C3H9N.ClH/c1-3-4-5(2)6(7)8;1-4(2)3;/h2-4H2,1H3,(H,7,8);1-3H3;1H. The summed E-state index contributed by atoms with van der Waals surface area (Å²) >= 11 is 0. The van der Waals surface area contributed by atoms with Crippen LogP contribution in [-0.4, -0.2) is 32.2 Å². The lowest BCUT2D eigenvalue weighted by Crippen LogP contribution is -3.02. The molecule has 80 valence electrons. The molecule has 0 fully saturated rings. The minimum absolute atomic E-state index is 0. The summed E-state index contributed by atoms with van der Waals surface area (Å²) in [5.41, 5.74) is 0.299. The van der Waals surface area contributed by atoms with Gasteiger partial charge in [-0.25, -0.2) is 4.79 Å². The van der Waals surface area contributed by atoms with E-state index < -0.39 is 5.97 Å². The van der Waals surface area contributed by atoms with Crippen molar-refractivity contribution in [1.29, 1.82) is 0 Å². The summed E-state index contributed by atoms with van der Waals surface area (Å²) in [4.78, 5) is 11.4. The highest BCUT2D eigenvalue weighted by molar-refractivity contribution is 5.85. The van der Waals surface area contributed by atoms with Crippen LogP contribution in [0.25, 0.3) is 0 Å². The highest BCUT2D eigenvalue weighted by atomic mass is 35.5. The van der Waals surface area contributed by atoms with Gasteiger partial charge in [-0.15, -0.1) is 0 Å². The van der Waals surface area contributed by atoms with Crippen molar-refractivity contribution in [3.05, 3.63) is 12.2 Å². The Hall–Kier alpha value is -0.540. The largest absolute Gasteiger partial charge is 1.00 e. The Bertz CT molecular complexity index is 144. The van der Waals surface area contributed by atoms with E-state index in [2.05, 4.69) is 27.7 Å². The van der Waals surface area contributed by atoms with Crippen LogP contribution in [0.3, 0.4) is 0 Å². The van der Waals surface area contributed by atoms with E-state index in [-0.39, 0.29) is 12.4 Å². The Morgan fingerprint density at radius 3 is 1.77 bits per heavy atom. The maximum Gasteiger partial charge on any atom is 0.330 e. The van der Waals surface area contributed by atoms with Crippen LogP contribution in [-0.2, 0) is 4.79 Å². The molecule has 0 unspecified atom stereocenters. The highest BCUT2D eigenvalue weighted by Gasteiger charge is 1.99. The Morgan fingerprint density at radius 2 is 1.69 bits per heavy atom. The molecule has 0 aliphatic heterocycles. The van der Waals surface area contributed by atoms with E-state index in [0.717, 1.165) is 6.42 Å². The SMILES string of the molecule is C=C(CCC)C(=O)O.C[NH+](C)C.[Cl-]. The Morgan fingerprint density at radius 1 is 1.38 bits per heavy atom. The van der Waals surface area contributed by atoms with Crippen molar-refractivity contribution in [3.8, 4) is 0 Å². The number of nitrogens with one attached hydrogen (secondary N) is 1. The minimum atomic E-state index is -0.883. The van der Waals surface area contributed by atoms with Gasteiger partial charge in [0.25, 0.3) is 0 Å². The van der Waals surface area contributed by atoms with Gasteiger partial charge in [0.15, 0.2) is 0 Å². The van der Waals surface area contributed by atoms with Crippen molar-refractivity contribution in [2.24, 2.45) is 0 Å². The first-order valence-electron chi connectivity index (χ1n) is 4.09. The van der Waals surface area contributed by atoms with Gasteiger partial charge in [0.2, 0.25) is 0 Å². The summed E-state index contributed by atoms with van der Waals surface area (Å²) in [6.07, 6.45) is 1.44. The Labute approximate surface area is 86.8 Å². The van der Waals surface area contributed by atoms with Gasteiger partial charge >= 0.3 is 5.97 Å². The van der Waals surface area contributed by atoms with Gasteiger partial charge in [-0.05, 0) is 6.42 Å². The molecule has 0 bridgehead atoms. The van der Waals surface area contributed by atoms with Crippen LogP contribution in [0, 0.1) is 0 Å². The second-order valence-electron chi connectivity index (χ2n) is 3.16. The topological polar surface area (TPSA) is 41.7 Å². The van der Waals surface area contributed by atoms with Gasteiger partial charge in [-0.3, -0.25) is 0 Å². The van der Waals surface area contributed by atoms with Crippen LogP contribution >= 0.6 is 0 Å². The predicted molar refractivity (Wildman–Crippen MR) is 50.4 cm³/mol. The molecule has 0 aromatic rings. The van der Waals surface area contributed by atoms with E-state index in [1.807, 2.05) is 6.92 Å². The van der Waals surface area contributed by atoms with E-state index in [1.54, 1.807) is 0 Å². The fourth-order valence-electron chi connectivity index (χ4n) is 0.409. The molecule has 0 aliphatic rings. The van der Waals surface area contributed by atoms with Gasteiger partial charge < -0.3 is 22.4 Å². The first-order chi connectivity index (χ1) is 5.41. The number of aliphatic carboxylic acids is 1. The van der Waals surface area contributed by atoms with Crippen LogP contribution in [0.2, 0.25) is 0 Å². The third-order valence-electron chi connectivity index (χ3n) is 0.854. The molecule has 0 heterocycles. The molecule has 13 heavy (non-hydrogen) atoms. The minimum Gasteiger partial charge on any atom is -1.00 e. The van der Waals surface area contributed by atoms with Crippen LogP contribution in [0.1, 0.15) is 19.8 Å². The third-order valence-corrected chi connectivity index (χ3v) is 0.854. The monoisotopic (exact) mass is 209 g/mol. The van der Waals surface area contributed by atoms with E-state index >= 15 is 0 Å². The van der Waals surface area contributed by atoms with E-state index in [4.69, 9.17) is 5.11 Å². The van der Waals surface area contributed by atoms with Crippen molar-refractivity contribution >= 4 is 5.97 Å². The first kappa shape index (κ1) is 18.3. The van der Waals surface area contributed by atoms with Crippen molar-refractivity contribution in [3.63, 3.8) is 0 Å². The smallest absolute Gasteiger partial charge is 0.330 e. The molecule has 4 heteroatoms. The average molecular weight is 210 g/mol. The molecule has 0 aromatic heterocycles. The molecular formula is C9H20ClNO2. The summed E-state index contributed by atoms with van der Waals surface area (Å²) in [6.45, 7) is 5.27. The molecule has 0 saturated carbocycles. The Balaban J connectivity index is -0.000000173. The number of halogens is 1. The van der Waals surface area contributed by atoms with E-state index in [1.165, 1.54) is 4.90 Å². The number of carbonyl (C=O) groups is 1. The number of hydrogen-bond acceptors (Lipinski definition) is 1. The van der Waals surface area contributed by atoms with Gasteiger partial charge in [0, 0.05) is 5.57 Å². The maximum absolute atomic E-state index is 9.99. The van der Waals surface area contributed by atoms with Crippen LogP contribution in [0.15, 0.2) is 12.2 Å². The summed E-state index contributed by atoms with van der Waals surface area (Å²) in [5.74, 6) is -0.883. The Kier molecular flexibility index (Phi) is 16.1. The van der Waals surface area contributed by atoms with Crippen LogP contribution < -0.4 is 17.3 Å². The molecule has 0 aliphatic carbocycles. The van der Waals surface area contributed by atoms with Crippen molar-refractivity contribution in [1.82, 2.24) is 0 Å². The lowest BCUT2D eigenvalue weighted by atomic mass is 10.2. The average Bonchev–Trinajstić information content (AvgIpc) is 1.86. The van der Waals surface area contributed by atoms with Crippen molar-refractivity contribution in [2.45, 2.75) is 19.8 Å². The summed E-state index contributed by atoms with van der Waals surface area (Å²) in [7, 11) is 6.25. The highest BCUT2D eigenvalue weighted by Crippen LogP contribution is 1.99. The predicted octanol–water partition coefficient (Wildman–Crippen LogP) is -2.81. The van der Waals surface area contributed by atoms with Gasteiger partial charge in [0.1, 0.15) is 0 Å². The number of quaternary nitrogens is 1. The fraction of sp³-hybridized carbons (Fsp3) is 0.667. The number of carboxylic acids is 1. The van der Waals surface area contributed by atoms with Gasteiger partial charge in [-0.1, -0.05) is 19.9 Å². The normalized spacial score (nSPS) is 8.08. The summed E-state index contributed by atoms with van der Waals surface area (Å²) in [6, 6.07) is 0. The molecular weight excluding hydrogens is 190 g/mol. The van der Waals surface area contributed by atoms with Crippen molar-refractivity contribution in [2.75, 3.05) is 21.1 Å². The lowest BCUT2D eigenvalue weighted by Gasteiger charge is -1.92. The van der Waals surface area contributed by atoms with Crippen LogP contribution in [0.4, 0.5) is 0 Å². The zero-order valence-electron chi connectivity index (χ0n) is 8.85. The molecule has 3 nitrogen and oxygen atoms in total. The molecule has 0 spiro atoms. The number of hydrogen-bond donors (Lipinski definition) is 2. The zero-order chi connectivity index (χ0) is 10.1. The molecule has 0 rings (SSSR count).